The van der Waals surface area contributed by atoms with Gasteiger partial charge in [0.05, 0.1) is 25.3 Å². The minimum absolute atomic E-state index is 0.123. The van der Waals surface area contributed by atoms with Crippen LogP contribution in [0.25, 0.3) is 0 Å². The molecule has 0 atom stereocenters. The number of methoxy groups -OCH3 is 2. The molecule has 0 saturated carbocycles. The van der Waals surface area contributed by atoms with E-state index >= 15 is 0 Å². The van der Waals surface area contributed by atoms with Crippen molar-refractivity contribution in [2.24, 2.45) is 0 Å². The van der Waals surface area contributed by atoms with Crippen LogP contribution in [0.2, 0.25) is 0 Å². The van der Waals surface area contributed by atoms with E-state index in [1.807, 2.05) is 18.2 Å². The summed E-state index contributed by atoms with van der Waals surface area (Å²) in [4.78, 5) is 23.5. The molecule has 0 saturated heterocycles. The Balaban J connectivity index is 2.04. The van der Waals surface area contributed by atoms with Gasteiger partial charge in [0.2, 0.25) is 0 Å². The van der Waals surface area contributed by atoms with Crippen LogP contribution in [0.1, 0.15) is 26.3 Å². The first-order valence-corrected chi connectivity index (χ1v) is 6.62. The SMILES string of the molecule is COC(=O)c1cccc(C(=O)OCc2cccc(OC)c2)c1. The Kier molecular flexibility index (Phi) is 5.14. The van der Waals surface area contributed by atoms with E-state index in [4.69, 9.17) is 9.47 Å². The van der Waals surface area contributed by atoms with Crippen LogP contribution in [-0.4, -0.2) is 26.2 Å². The van der Waals surface area contributed by atoms with E-state index in [-0.39, 0.29) is 6.61 Å². The number of benzene rings is 2. The monoisotopic (exact) mass is 300 g/mol. The number of esters is 2. The topological polar surface area (TPSA) is 61.8 Å². The fourth-order valence-corrected chi connectivity index (χ4v) is 1.89. The van der Waals surface area contributed by atoms with E-state index in [1.165, 1.54) is 13.2 Å². The van der Waals surface area contributed by atoms with Crippen LogP contribution >= 0.6 is 0 Å². The van der Waals surface area contributed by atoms with Gasteiger partial charge in [-0.15, -0.1) is 0 Å². The molecule has 0 spiro atoms. The highest BCUT2D eigenvalue weighted by molar-refractivity contribution is 5.95. The maximum Gasteiger partial charge on any atom is 0.338 e. The quantitative estimate of drug-likeness (QED) is 0.795. The third kappa shape index (κ3) is 3.85. The molecule has 0 radical (unpaired) electrons. The van der Waals surface area contributed by atoms with E-state index in [1.54, 1.807) is 31.4 Å². The third-order valence-electron chi connectivity index (χ3n) is 3.02. The second kappa shape index (κ2) is 7.26. The van der Waals surface area contributed by atoms with Crippen LogP contribution < -0.4 is 4.74 Å². The van der Waals surface area contributed by atoms with Gasteiger partial charge in [0.1, 0.15) is 12.4 Å². The van der Waals surface area contributed by atoms with Crippen LogP contribution in [0.15, 0.2) is 48.5 Å². The zero-order chi connectivity index (χ0) is 15.9. The van der Waals surface area contributed by atoms with E-state index in [9.17, 15) is 9.59 Å². The Hall–Kier alpha value is -2.82. The average Bonchev–Trinajstić information content (AvgIpc) is 2.59. The summed E-state index contributed by atoms with van der Waals surface area (Å²) in [6.07, 6.45) is 0. The molecule has 0 aromatic heterocycles. The van der Waals surface area contributed by atoms with E-state index in [2.05, 4.69) is 4.74 Å². The summed E-state index contributed by atoms with van der Waals surface area (Å²) < 4.78 is 15.0. The van der Waals surface area contributed by atoms with E-state index in [0.717, 1.165) is 5.56 Å². The third-order valence-corrected chi connectivity index (χ3v) is 3.02. The minimum atomic E-state index is -0.506. The van der Waals surface area contributed by atoms with Crippen LogP contribution in [-0.2, 0) is 16.1 Å². The highest BCUT2D eigenvalue weighted by atomic mass is 16.5. The standard InChI is InChI=1S/C17H16O5/c1-20-15-8-3-5-12(9-15)11-22-17(19)14-7-4-6-13(10-14)16(18)21-2/h3-10H,11H2,1-2H3. The van der Waals surface area contributed by atoms with Gasteiger partial charge in [0, 0.05) is 0 Å². The largest absolute Gasteiger partial charge is 0.497 e. The number of hydrogen-bond acceptors (Lipinski definition) is 5. The van der Waals surface area contributed by atoms with Gasteiger partial charge in [-0.25, -0.2) is 9.59 Å². The van der Waals surface area contributed by atoms with Crippen LogP contribution in [0.3, 0.4) is 0 Å². The van der Waals surface area contributed by atoms with Gasteiger partial charge in [-0.1, -0.05) is 18.2 Å². The van der Waals surface area contributed by atoms with Gasteiger partial charge in [0.25, 0.3) is 0 Å². The van der Waals surface area contributed by atoms with Crippen LogP contribution in [0, 0.1) is 0 Å². The number of hydrogen-bond donors (Lipinski definition) is 0. The molecule has 5 heteroatoms. The van der Waals surface area contributed by atoms with Gasteiger partial charge in [-0.3, -0.25) is 0 Å². The van der Waals surface area contributed by atoms with Crippen molar-refractivity contribution in [3.63, 3.8) is 0 Å². The van der Waals surface area contributed by atoms with Gasteiger partial charge in [0.15, 0.2) is 0 Å². The molecule has 22 heavy (non-hydrogen) atoms. The second-order valence-electron chi connectivity index (χ2n) is 4.50. The fourth-order valence-electron chi connectivity index (χ4n) is 1.89. The first-order chi connectivity index (χ1) is 10.6. The molecule has 0 bridgehead atoms. The lowest BCUT2D eigenvalue weighted by Crippen LogP contribution is -2.08. The number of carbonyl (C=O) groups excluding carboxylic acids is 2. The van der Waals surface area contributed by atoms with Gasteiger partial charge in [-0.2, -0.15) is 0 Å². The van der Waals surface area contributed by atoms with E-state index < -0.39 is 11.9 Å². The molecular weight excluding hydrogens is 284 g/mol. The van der Waals surface area contributed by atoms with Crippen molar-refractivity contribution in [1.29, 1.82) is 0 Å². The lowest BCUT2D eigenvalue weighted by Gasteiger charge is -2.07. The highest BCUT2D eigenvalue weighted by Gasteiger charge is 2.12. The summed E-state index contributed by atoms with van der Waals surface area (Å²) in [7, 11) is 2.86. The number of ether oxygens (including phenoxy) is 3. The molecule has 0 aliphatic rings. The Labute approximate surface area is 128 Å². The maximum atomic E-state index is 12.0. The smallest absolute Gasteiger partial charge is 0.338 e. The van der Waals surface area contributed by atoms with Crippen molar-refractivity contribution in [3.05, 3.63) is 65.2 Å². The predicted molar refractivity (Wildman–Crippen MR) is 79.9 cm³/mol. The van der Waals surface area contributed by atoms with Crippen molar-refractivity contribution in [2.45, 2.75) is 6.61 Å². The van der Waals surface area contributed by atoms with Crippen molar-refractivity contribution in [1.82, 2.24) is 0 Å². The minimum Gasteiger partial charge on any atom is -0.497 e. The molecule has 0 heterocycles. The summed E-state index contributed by atoms with van der Waals surface area (Å²) in [6.45, 7) is 0.123. The zero-order valence-electron chi connectivity index (χ0n) is 12.4. The molecule has 2 aromatic rings. The molecule has 114 valence electrons. The zero-order valence-corrected chi connectivity index (χ0v) is 12.4. The first kappa shape index (κ1) is 15.6. The summed E-state index contributed by atoms with van der Waals surface area (Å²) in [5.41, 5.74) is 1.42. The van der Waals surface area contributed by atoms with Gasteiger partial charge in [-0.05, 0) is 35.9 Å². The first-order valence-electron chi connectivity index (χ1n) is 6.62. The summed E-state index contributed by atoms with van der Waals surface area (Å²) >= 11 is 0. The maximum absolute atomic E-state index is 12.0. The molecular formula is C17H16O5. The fraction of sp³-hybridized carbons (Fsp3) is 0.176. The molecule has 2 aromatic carbocycles. The normalized spacial score (nSPS) is 9.91. The molecule has 0 N–H and O–H groups in total. The summed E-state index contributed by atoms with van der Waals surface area (Å²) in [5.74, 6) is -0.308. The highest BCUT2D eigenvalue weighted by Crippen LogP contribution is 2.14. The summed E-state index contributed by atoms with van der Waals surface area (Å²) in [5, 5.41) is 0. The van der Waals surface area contributed by atoms with Crippen molar-refractivity contribution in [2.75, 3.05) is 14.2 Å². The molecule has 0 fully saturated rings. The molecule has 0 unspecified atom stereocenters. The lowest BCUT2D eigenvalue weighted by atomic mass is 10.1. The average molecular weight is 300 g/mol. The molecule has 0 aliphatic carbocycles. The van der Waals surface area contributed by atoms with Crippen LogP contribution in [0.4, 0.5) is 0 Å². The Morgan fingerprint density at radius 1 is 0.909 bits per heavy atom. The number of rotatable bonds is 5. The molecule has 5 nitrogen and oxygen atoms in total. The van der Waals surface area contributed by atoms with Gasteiger partial charge < -0.3 is 14.2 Å². The Morgan fingerprint density at radius 2 is 1.59 bits per heavy atom. The molecule has 2 rings (SSSR count). The predicted octanol–water partition coefficient (Wildman–Crippen LogP) is 2.84. The van der Waals surface area contributed by atoms with E-state index in [0.29, 0.717) is 16.9 Å². The van der Waals surface area contributed by atoms with Crippen molar-refractivity contribution >= 4 is 11.9 Å². The lowest BCUT2D eigenvalue weighted by molar-refractivity contribution is 0.0472. The van der Waals surface area contributed by atoms with Crippen LogP contribution in [0.5, 0.6) is 5.75 Å². The van der Waals surface area contributed by atoms with Gasteiger partial charge >= 0.3 is 11.9 Å². The number of carbonyl (C=O) groups is 2. The van der Waals surface area contributed by atoms with Crippen molar-refractivity contribution < 1.29 is 23.8 Å². The summed E-state index contributed by atoms with van der Waals surface area (Å²) in [6, 6.07) is 13.5. The second-order valence-corrected chi connectivity index (χ2v) is 4.50. The molecule has 0 amide bonds. The Bertz CT molecular complexity index is 678. The van der Waals surface area contributed by atoms with Crippen molar-refractivity contribution in [3.8, 4) is 5.75 Å². The Morgan fingerprint density at radius 3 is 2.27 bits per heavy atom. The molecule has 0 aliphatic heterocycles.